The molecule has 2 aromatic rings. The molecule has 1 N–H and O–H groups in total. The van der Waals surface area contributed by atoms with E-state index in [-0.39, 0.29) is 10.6 Å². The molecule has 0 aliphatic carbocycles. The molecule has 0 amide bonds. The van der Waals surface area contributed by atoms with Gasteiger partial charge in [-0.3, -0.25) is 0 Å². The van der Waals surface area contributed by atoms with E-state index in [4.69, 9.17) is 14.2 Å². The van der Waals surface area contributed by atoms with Gasteiger partial charge in [0.2, 0.25) is 10.0 Å². The van der Waals surface area contributed by atoms with E-state index in [0.29, 0.717) is 29.2 Å². The molecule has 0 spiro atoms. The molecule has 0 fully saturated rings. The van der Waals surface area contributed by atoms with E-state index in [1.165, 1.54) is 13.2 Å². The molecule has 2 aromatic carbocycles. The number of hydrogen-bond acceptors (Lipinski definition) is 5. The van der Waals surface area contributed by atoms with Crippen molar-refractivity contribution in [3.05, 3.63) is 46.4 Å². The standard InChI is InChI=1S/C19H24BrNO5S/c1-5-25-16-9-7-14(11-18(16)26-6-2)13(3)21-27(22,23)19-12-15(20)8-10-17(19)24-4/h7-13,21H,5-6H2,1-4H3/t13-/m1/s1. The van der Waals surface area contributed by atoms with Crippen LogP contribution in [0.5, 0.6) is 17.2 Å². The maximum atomic E-state index is 12.9. The average Bonchev–Trinajstić information content (AvgIpc) is 2.63. The third kappa shape index (κ3) is 5.37. The van der Waals surface area contributed by atoms with Gasteiger partial charge in [0.1, 0.15) is 10.6 Å². The molecular formula is C19H24BrNO5S. The van der Waals surface area contributed by atoms with E-state index in [1.54, 1.807) is 31.2 Å². The van der Waals surface area contributed by atoms with Gasteiger partial charge >= 0.3 is 0 Å². The van der Waals surface area contributed by atoms with Gasteiger partial charge < -0.3 is 14.2 Å². The molecule has 148 valence electrons. The van der Waals surface area contributed by atoms with Crippen molar-refractivity contribution in [3.8, 4) is 17.2 Å². The predicted octanol–water partition coefficient (Wildman–Crippen LogP) is 4.29. The summed E-state index contributed by atoms with van der Waals surface area (Å²) in [5, 5.41) is 0. The number of rotatable bonds is 9. The molecule has 0 bridgehead atoms. The molecule has 2 rings (SSSR count). The summed E-state index contributed by atoms with van der Waals surface area (Å²) >= 11 is 3.30. The van der Waals surface area contributed by atoms with Crippen LogP contribution in [0.1, 0.15) is 32.4 Å². The lowest BCUT2D eigenvalue weighted by Gasteiger charge is -2.18. The number of sulfonamides is 1. The number of benzene rings is 2. The Morgan fingerprint density at radius 1 is 1.00 bits per heavy atom. The second-order valence-electron chi connectivity index (χ2n) is 5.71. The second kappa shape index (κ2) is 9.43. The summed E-state index contributed by atoms with van der Waals surface area (Å²) in [7, 11) is -2.36. The van der Waals surface area contributed by atoms with Crippen LogP contribution in [0.15, 0.2) is 45.8 Å². The van der Waals surface area contributed by atoms with Gasteiger partial charge in [0.15, 0.2) is 11.5 Å². The molecule has 0 aliphatic rings. The minimum absolute atomic E-state index is 0.0715. The van der Waals surface area contributed by atoms with E-state index in [1.807, 2.05) is 19.9 Å². The SMILES string of the molecule is CCOc1ccc([C@@H](C)NS(=O)(=O)c2cc(Br)ccc2OC)cc1OCC. The molecule has 0 aliphatic heterocycles. The van der Waals surface area contributed by atoms with Gasteiger partial charge in [0, 0.05) is 10.5 Å². The number of methoxy groups -OCH3 is 1. The number of hydrogen-bond donors (Lipinski definition) is 1. The van der Waals surface area contributed by atoms with Crippen molar-refractivity contribution in [2.45, 2.75) is 31.7 Å². The highest BCUT2D eigenvalue weighted by Gasteiger charge is 2.23. The first-order valence-corrected chi connectivity index (χ1v) is 10.8. The molecule has 0 saturated carbocycles. The third-order valence-corrected chi connectivity index (χ3v) is 5.87. The minimum atomic E-state index is -3.80. The van der Waals surface area contributed by atoms with Crippen molar-refractivity contribution in [2.75, 3.05) is 20.3 Å². The van der Waals surface area contributed by atoms with Crippen molar-refractivity contribution >= 4 is 26.0 Å². The summed E-state index contributed by atoms with van der Waals surface area (Å²) in [6.45, 7) is 6.55. The predicted molar refractivity (Wildman–Crippen MR) is 108 cm³/mol. The van der Waals surface area contributed by atoms with Gasteiger partial charge in [0.25, 0.3) is 0 Å². The summed E-state index contributed by atoms with van der Waals surface area (Å²) in [5.41, 5.74) is 0.763. The molecule has 0 aromatic heterocycles. The number of halogens is 1. The fourth-order valence-corrected chi connectivity index (χ4v) is 4.50. The summed E-state index contributed by atoms with van der Waals surface area (Å²) < 4.78 is 45.4. The van der Waals surface area contributed by atoms with Crippen molar-refractivity contribution in [1.82, 2.24) is 4.72 Å². The van der Waals surface area contributed by atoms with Gasteiger partial charge in [-0.2, -0.15) is 0 Å². The zero-order chi connectivity index (χ0) is 20.0. The van der Waals surface area contributed by atoms with E-state index >= 15 is 0 Å². The summed E-state index contributed by atoms with van der Waals surface area (Å²) in [6.07, 6.45) is 0. The van der Waals surface area contributed by atoms with Crippen LogP contribution in [0.4, 0.5) is 0 Å². The van der Waals surface area contributed by atoms with Crippen LogP contribution in [0.2, 0.25) is 0 Å². The van der Waals surface area contributed by atoms with Crippen molar-refractivity contribution in [3.63, 3.8) is 0 Å². The highest BCUT2D eigenvalue weighted by Crippen LogP contribution is 2.32. The van der Waals surface area contributed by atoms with Crippen LogP contribution < -0.4 is 18.9 Å². The van der Waals surface area contributed by atoms with Gasteiger partial charge in [-0.25, -0.2) is 13.1 Å². The van der Waals surface area contributed by atoms with Gasteiger partial charge in [0.05, 0.1) is 20.3 Å². The smallest absolute Gasteiger partial charge is 0.244 e. The molecule has 27 heavy (non-hydrogen) atoms. The van der Waals surface area contributed by atoms with Crippen molar-refractivity contribution in [1.29, 1.82) is 0 Å². The van der Waals surface area contributed by atoms with Crippen LogP contribution in [-0.2, 0) is 10.0 Å². The van der Waals surface area contributed by atoms with Gasteiger partial charge in [-0.15, -0.1) is 0 Å². The molecule has 8 heteroatoms. The Bertz CT molecular complexity index is 886. The second-order valence-corrected chi connectivity index (χ2v) is 8.31. The van der Waals surface area contributed by atoms with Crippen LogP contribution in [0.3, 0.4) is 0 Å². The molecule has 0 unspecified atom stereocenters. The van der Waals surface area contributed by atoms with Crippen LogP contribution in [0, 0.1) is 0 Å². The lowest BCUT2D eigenvalue weighted by Crippen LogP contribution is -2.27. The van der Waals surface area contributed by atoms with Gasteiger partial charge in [-0.05, 0) is 56.7 Å². The number of nitrogens with one attached hydrogen (secondary N) is 1. The molecule has 0 radical (unpaired) electrons. The Kier molecular flexibility index (Phi) is 7.52. The van der Waals surface area contributed by atoms with Crippen LogP contribution >= 0.6 is 15.9 Å². The largest absolute Gasteiger partial charge is 0.495 e. The Balaban J connectivity index is 2.32. The topological polar surface area (TPSA) is 73.9 Å². The Morgan fingerprint density at radius 3 is 2.26 bits per heavy atom. The highest BCUT2D eigenvalue weighted by molar-refractivity contribution is 9.10. The first-order valence-electron chi connectivity index (χ1n) is 8.57. The fraction of sp³-hybridized carbons (Fsp3) is 0.368. The summed E-state index contributed by atoms with van der Waals surface area (Å²) in [6, 6.07) is 9.76. The zero-order valence-corrected chi connectivity index (χ0v) is 18.2. The zero-order valence-electron chi connectivity index (χ0n) is 15.8. The highest BCUT2D eigenvalue weighted by atomic mass is 79.9. The molecular weight excluding hydrogens is 434 g/mol. The normalized spacial score (nSPS) is 12.5. The summed E-state index contributed by atoms with van der Waals surface area (Å²) in [5.74, 6) is 1.49. The van der Waals surface area contributed by atoms with E-state index < -0.39 is 16.1 Å². The van der Waals surface area contributed by atoms with Crippen molar-refractivity contribution in [2.24, 2.45) is 0 Å². The maximum absolute atomic E-state index is 12.9. The van der Waals surface area contributed by atoms with Gasteiger partial charge in [-0.1, -0.05) is 22.0 Å². The Hall–Kier alpha value is -1.77. The number of ether oxygens (including phenoxy) is 3. The fourth-order valence-electron chi connectivity index (χ4n) is 2.56. The third-order valence-electron chi connectivity index (χ3n) is 3.81. The molecule has 0 saturated heterocycles. The lowest BCUT2D eigenvalue weighted by atomic mass is 10.1. The quantitative estimate of drug-likeness (QED) is 0.607. The first kappa shape index (κ1) is 21.5. The van der Waals surface area contributed by atoms with Crippen molar-refractivity contribution < 1.29 is 22.6 Å². The monoisotopic (exact) mass is 457 g/mol. The molecule has 1 atom stereocenters. The minimum Gasteiger partial charge on any atom is -0.495 e. The van der Waals surface area contributed by atoms with E-state index in [2.05, 4.69) is 20.7 Å². The lowest BCUT2D eigenvalue weighted by molar-refractivity contribution is 0.287. The molecule has 0 heterocycles. The van der Waals surface area contributed by atoms with Crippen LogP contribution in [-0.4, -0.2) is 28.7 Å². The van der Waals surface area contributed by atoms with E-state index in [0.717, 1.165) is 5.56 Å². The average molecular weight is 458 g/mol. The summed E-state index contributed by atoms with van der Waals surface area (Å²) in [4.78, 5) is 0.0715. The Labute approximate surface area is 169 Å². The first-order chi connectivity index (χ1) is 12.8. The van der Waals surface area contributed by atoms with Crippen LogP contribution in [0.25, 0.3) is 0 Å². The molecule has 6 nitrogen and oxygen atoms in total. The maximum Gasteiger partial charge on any atom is 0.244 e. The Morgan fingerprint density at radius 2 is 1.63 bits per heavy atom. The van der Waals surface area contributed by atoms with E-state index in [9.17, 15) is 8.42 Å².